The molecule has 1 atom stereocenters. The van der Waals surface area contributed by atoms with Gasteiger partial charge in [-0.15, -0.1) is 0 Å². The summed E-state index contributed by atoms with van der Waals surface area (Å²) >= 11 is 0. The SMILES string of the molecule is O=C(O)CCCCC(/C=C/c1ccccc1OCCCCCN1CCCC1)Cc1ccc(C(=O)O)cc1. The quantitative estimate of drug-likeness (QED) is 0.236. The smallest absolute Gasteiger partial charge is 0.335 e. The van der Waals surface area contributed by atoms with Crippen molar-refractivity contribution in [3.8, 4) is 5.75 Å². The third-order valence-corrected chi connectivity index (χ3v) is 6.96. The molecule has 0 saturated carbocycles. The lowest BCUT2D eigenvalue weighted by atomic mass is 9.92. The highest BCUT2D eigenvalue weighted by Gasteiger charge is 2.11. The molecule has 2 aromatic rings. The molecule has 0 bridgehead atoms. The predicted molar refractivity (Wildman–Crippen MR) is 147 cm³/mol. The number of nitrogens with zero attached hydrogens (tertiary/aromatic N) is 1. The molecule has 1 heterocycles. The van der Waals surface area contributed by atoms with Gasteiger partial charge in [-0.05, 0) is 101 Å². The van der Waals surface area contributed by atoms with E-state index in [4.69, 9.17) is 14.9 Å². The molecule has 2 aromatic carbocycles. The summed E-state index contributed by atoms with van der Waals surface area (Å²) in [5.41, 5.74) is 2.38. The van der Waals surface area contributed by atoms with E-state index in [1.54, 1.807) is 12.1 Å². The van der Waals surface area contributed by atoms with Crippen molar-refractivity contribution >= 4 is 18.0 Å². The van der Waals surface area contributed by atoms with Crippen LogP contribution in [0.5, 0.6) is 5.75 Å². The largest absolute Gasteiger partial charge is 0.493 e. The van der Waals surface area contributed by atoms with Gasteiger partial charge in [-0.3, -0.25) is 4.79 Å². The Bertz CT molecular complexity index is 995. The summed E-state index contributed by atoms with van der Waals surface area (Å²) in [6.07, 6.45) is 13.7. The summed E-state index contributed by atoms with van der Waals surface area (Å²) in [5, 5.41) is 18.1. The Morgan fingerprint density at radius 3 is 2.41 bits per heavy atom. The van der Waals surface area contributed by atoms with E-state index in [0.717, 1.165) is 42.6 Å². The molecule has 1 saturated heterocycles. The van der Waals surface area contributed by atoms with E-state index in [1.165, 1.54) is 45.3 Å². The molecular weight excluding hydrogens is 466 g/mol. The van der Waals surface area contributed by atoms with Crippen molar-refractivity contribution < 1.29 is 24.5 Å². The van der Waals surface area contributed by atoms with Crippen LogP contribution in [0.3, 0.4) is 0 Å². The first-order valence-electron chi connectivity index (χ1n) is 13.7. The molecule has 0 aliphatic carbocycles. The number of rotatable bonds is 17. The van der Waals surface area contributed by atoms with Gasteiger partial charge in [0.1, 0.15) is 5.75 Å². The van der Waals surface area contributed by atoms with E-state index in [9.17, 15) is 9.59 Å². The lowest BCUT2D eigenvalue weighted by molar-refractivity contribution is -0.137. The molecule has 0 radical (unpaired) electrons. The molecule has 0 aromatic heterocycles. The van der Waals surface area contributed by atoms with Crippen LogP contribution < -0.4 is 4.74 Å². The van der Waals surface area contributed by atoms with Crippen molar-refractivity contribution in [2.45, 2.75) is 64.2 Å². The number of ether oxygens (including phenoxy) is 1. The number of aliphatic carboxylic acids is 1. The molecule has 6 nitrogen and oxygen atoms in total. The van der Waals surface area contributed by atoms with Gasteiger partial charge in [0, 0.05) is 12.0 Å². The highest BCUT2D eigenvalue weighted by Crippen LogP contribution is 2.24. The maximum atomic E-state index is 11.2. The average molecular weight is 508 g/mol. The lowest BCUT2D eigenvalue weighted by Gasteiger charge is -2.15. The van der Waals surface area contributed by atoms with Gasteiger partial charge in [-0.1, -0.05) is 48.9 Å². The number of aromatic carboxylic acids is 1. The Kier molecular flexibility index (Phi) is 12.2. The molecule has 0 amide bonds. The van der Waals surface area contributed by atoms with E-state index in [0.29, 0.717) is 13.0 Å². The highest BCUT2D eigenvalue weighted by molar-refractivity contribution is 5.87. The molecule has 6 heteroatoms. The van der Waals surface area contributed by atoms with Crippen LogP contribution in [0.4, 0.5) is 0 Å². The minimum atomic E-state index is -0.931. The Hall–Kier alpha value is -3.12. The van der Waals surface area contributed by atoms with Gasteiger partial charge in [0.05, 0.1) is 12.2 Å². The first-order chi connectivity index (χ1) is 18.0. The zero-order chi connectivity index (χ0) is 26.3. The first kappa shape index (κ1) is 28.5. The van der Waals surface area contributed by atoms with Crippen LogP contribution in [0.15, 0.2) is 54.6 Å². The molecular formula is C31H41NO5. The topological polar surface area (TPSA) is 87.1 Å². The Balaban J connectivity index is 1.55. The minimum Gasteiger partial charge on any atom is -0.493 e. The maximum Gasteiger partial charge on any atom is 0.335 e. The summed E-state index contributed by atoms with van der Waals surface area (Å²) in [6, 6.07) is 15.1. The van der Waals surface area contributed by atoms with Crippen LogP contribution in [0.1, 0.15) is 79.3 Å². The zero-order valence-corrected chi connectivity index (χ0v) is 21.8. The van der Waals surface area contributed by atoms with Crippen molar-refractivity contribution in [3.05, 3.63) is 71.3 Å². The van der Waals surface area contributed by atoms with Gasteiger partial charge in [0.15, 0.2) is 0 Å². The first-order valence-corrected chi connectivity index (χ1v) is 13.7. The fourth-order valence-corrected chi connectivity index (χ4v) is 4.83. The average Bonchev–Trinajstić information content (AvgIpc) is 3.41. The molecule has 1 aliphatic heterocycles. The molecule has 1 unspecified atom stereocenters. The van der Waals surface area contributed by atoms with Crippen molar-refractivity contribution in [1.82, 2.24) is 4.90 Å². The Morgan fingerprint density at radius 1 is 0.919 bits per heavy atom. The number of allylic oxidation sites excluding steroid dienone is 1. The summed E-state index contributed by atoms with van der Waals surface area (Å²) < 4.78 is 6.13. The highest BCUT2D eigenvalue weighted by atomic mass is 16.5. The number of benzene rings is 2. The lowest BCUT2D eigenvalue weighted by Crippen LogP contribution is -2.20. The van der Waals surface area contributed by atoms with E-state index in [2.05, 4.69) is 23.1 Å². The molecule has 0 spiro atoms. The molecule has 3 rings (SSSR count). The van der Waals surface area contributed by atoms with Gasteiger partial charge in [0.25, 0.3) is 0 Å². The third kappa shape index (κ3) is 10.8. The zero-order valence-electron chi connectivity index (χ0n) is 21.8. The van der Waals surface area contributed by atoms with E-state index in [-0.39, 0.29) is 17.9 Å². The second-order valence-electron chi connectivity index (χ2n) is 9.96. The number of hydrogen-bond acceptors (Lipinski definition) is 4. The van der Waals surface area contributed by atoms with Gasteiger partial charge in [-0.25, -0.2) is 4.79 Å². The summed E-state index contributed by atoms with van der Waals surface area (Å²) in [7, 11) is 0. The number of carboxylic acids is 2. The second-order valence-corrected chi connectivity index (χ2v) is 9.96. The summed E-state index contributed by atoms with van der Waals surface area (Å²) in [5.74, 6) is -0.602. The van der Waals surface area contributed by atoms with Crippen LogP contribution in [0.25, 0.3) is 6.08 Å². The van der Waals surface area contributed by atoms with Crippen molar-refractivity contribution in [2.24, 2.45) is 5.92 Å². The number of carbonyl (C=O) groups is 2. The Labute approximate surface area is 221 Å². The van der Waals surface area contributed by atoms with Gasteiger partial charge < -0.3 is 19.8 Å². The normalized spacial score (nSPS) is 14.7. The minimum absolute atomic E-state index is 0.179. The Morgan fingerprint density at radius 2 is 1.68 bits per heavy atom. The monoisotopic (exact) mass is 507 g/mol. The van der Waals surface area contributed by atoms with Crippen molar-refractivity contribution in [3.63, 3.8) is 0 Å². The van der Waals surface area contributed by atoms with Gasteiger partial charge in [0.2, 0.25) is 0 Å². The number of hydrogen-bond donors (Lipinski definition) is 2. The maximum absolute atomic E-state index is 11.2. The van der Waals surface area contributed by atoms with Crippen LogP contribution in [0.2, 0.25) is 0 Å². The molecule has 1 fully saturated rings. The van der Waals surface area contributed by atoms with Crippen LogP contribution in [0, 0.1) is 5.92 Å². The number of para-hydroxylation sites is 1. The summed E-state index contributed by atoms with van der Waals surface area (Å²) in [4.78, 5) is 24.6. The van der Waals surface area contributed by atoms with E-state index in [1.807, 2.05) is 30.3 Å². The predicted octanol–water partition coefficient (Wildman–Crippen LogP) is 6.55. The van der Waals surface area contributed by atoms with E-state index >= 15 is 0 Å². The third-order valence-electron chi connectivity index (χ3n) is 6.96. The van der Waals surface area contributed by atoms with Crippen LogP contribution in [-0.4, -0.2) is 53.3 Å². The number of carboxylic acid groups (broad SMARTS) is 2. The van der Waals surface area contributed by atoms with Crippen molar-refractivity contribution in [1.29, 1.82) is 0 Å². The number of unbranched alkanes of at least 4 members (excludes halogenated alkanes) is 3. The van der Waals surface area contributed by atoms with Crippen LogP contribution in [-0.2, 0) is 11.2 Å². The van der Waals surface area contributed by atoms with Crippen molar-refractivity contribution in [2.75, 3.05) is 26.2 Å². The summed E-state index contributed by atoms with van der Waals surface area (Å²) in [6.45, 7) is 4.42. The van der Waals surface area contributed by atoms with Gasteiger partial charge >= 0.3 is 11.9 Å². The molecule has 200 valence electrons. The second kappa shape index (κ2) is 15.9. The van der Waals surface area contributed by atoms with E-state index < -0.39 is 11.9 Å². The molecule has 2 N–H and O–H groups in total. The fraction of sp³-hybridized carbons (Fsp3) is 0.484. The van der Waals surface area contributed by atoms with Crippen LogP contribution >= 0.6 is 0 Å². The number of likely N-dealkylation sites (tertiary alicyclic amines) is 1. The molecule has 37 heavy (non-hydrogen) atoms. The fourth-order valence-electron chi connectivity index (χ4n) is 4.83. The van der Waals surface area contributed by atoms with Gasteiger partial charge in [-0.2, -0.15) is 0 Å². The standard InChI is InChI=1S/C31H41NO5/c33-30(34)13-5-2-10-25(24-26-15-18-28(19-16-26)31(35)36)14-17-27-11-3-4-12-29(27)37-23-9-1-6-20-32-21-7-8-22-32/h3-4,11-12,14-19,25H,1-2,5-10,13,20-24H2,(H,33,34)(H,35,36)/b17-14+. The molecule has 1 aliphatic rings.